The van der Waals surface area contributed by atoms with Gasteiger partial charge in [0.25, 0.3) is 0 Å². The van der Waals surface area contributed by atoms with E-state index in [-0.39, 0.29) is 0 Å². The van der Waals surface area contributed by atoms with Crippen LogP contribution >= 0.6 is 11.6 Å². The van der Waals surface area contributed by atoms with E-state index in [9.17, 15) is 0 Å². The zero-order valence-electron chi connectivity index (χ0n) is 9.07. The van der Waals surface area contributed by atoms with Gasteiger partial charge in [0.15, 0.2) is 5.15 Å². The van der Waals surface area contributed by atoms with E-state index in [1.165, 1.54) is 12.8 Å². The Morgan fingerprint density at radius 1 is 1.40 bits per heavy atom. The van der Waals surface area contributed by atoms with Crippen LogP contribution in [0.5, 0.6) is 0 Å². The molecule has 0 aliphatic heterocycles. The summed E-state index contributed by atoms with van der Waals surface area (Å²) < 4.78 is 0. The van der Waals surface area contributed by atoms with Crippen molar-refractivity contribution in [1.82, 2.24) is 10.2 Å². The molecule has 3 nitrogen and oxygen atoms in total. The summed E-state index contributed by atoms with van der Waals surface area (Å²) in [5.74, 6) is 1.50. The molecule has 1 N–H and O–H groups in total. The van der Waals surface area contributed by atoms with E-state index in [0.717, 1.165) is 11.6 Å². The van der Waals surface area contributed by atoms with Crippen molar-refractivity contribution in [3.05, 3.63) is 17.4 Å². The van der Waals surface area contributed by atoms with E-state index in [4.69, 9.17) is 11.6 Å². The van der Waals surface area contributed by atoms with Crippen molar-refractivity contribution < 1.29 is 0 Å². The molecule has 2 rings (SSSR count). The summed E-state index contributed by atoms with van der Waals surface area (Å²) in [6.07, 6.45) is 4.24. The van der Waals surface area contributed by atoms with Gasteiger partial charge in [0.05, 0.1) is 11.9 Å². The van der Waals surface area contributed by atoms with Crippen LogP contribution in [0.2, 0.25) is 5.15 Å². The van der Waals surface area contributed by atoms with Crippen molar-refractivity contribution in [2.24, 2.45) is 11.8 Å². The molecule has 0 aromatic carbocycles. The lowest BCUT2D eigenvalue weighted by atomic mass is 9.98. The zero-order valence-corrected chi connectivity index (χ0v) is 9.83. The highest BCUT2D eigenvalue weighted by molar-refractivity contribution is 6.29. The second kappa shape index (κ2) is 4.35. The van der Waals surface area contributed by atoms with Crippen LogP contribution < -0.4 is 5.32 Å². The molecule has 1 aromatic heterocycles. The molecule has 82 valence electrons. The number of hydrogen-bond donors (Lipinski definition) is 1. The molecule has 0 saturated heterocycles. The topological polar surface area (TPSA) is 37.8 Å². The van der Waals surface area contributed by atoms with Crippen molar-refractivity contribution in [3.8, 4) is 0 Å². The minimum absolute atomic E-state index is 0.443. The first kappa shape index (κ1) is 10.7. The maximum Gasteiger partial charge on any atom is 0.153 e. The summed E-state index contributed by atoms with van der Waals surface area (Å²) in [5, 5.41) is 11.5. The molecule has 1 heterocycles. The zero-order chi connectivity index (χ0) is 10.8. The van der Waals surface area contributed by atoms with Gasteiger partial charge >= 0.3 is 0 Å². The highest BCUT2D eigenvalue weighted by Crippen LogP contribution is 2.33. The van der Waals surface area contributed by atoms with Gasteiger partial charge in [-0.2, -0.15) is 5.10 Å². The first-order valence-corrected chi connectivity index (χ1v) is 5.79. The predicted molar refractivity (Wildman–Crippen MR) is 62.0 cm³/mol. The van der Waals surface area contributed by atoms with Crippen LogP contribution in [0.1, 0.15) is 26.7 Å². The Morgan fingerprint density at radius 2 is 2.20 bits per heavy atom. The Hall–Kier alpha value is -0.830. The quantitative estimate of drug-likeness (QED) is 0.841. The molecule has 0 spiro atoms. The molecular formula is C11H16ClN3. The average Bonchev–Trinajstić information content (AvgIpc) is 2.50. The minimum Gasteiger partial charge on any atom is -0.381 e. The highest BCUT2D eigenvalue weighted by Gasteiger charge is 2.29. The Labute approximate surface area is 95.2 Å². The van der Waals surface area contributed by atoms with Crippen LogP contribution in [0.25, 0.3) is 0 Å². The summed E-state index contributed by atoms with van der Waals surface area (Å²) in [4.78, 5) is 0. The number of nitrogens with zero attached hydrogens (tertiary/aromatic N) is 2. The third-order valence-corrected chi connectivity index (χ3v) is 3.63. The van der Waals surface area contributed by atoms with Crippen molar-refractivity contribution in [1.29, 1.82) is 0 Å². The van der Waals surface area contributed by atoms with Crippen molar-refractivity contribution in [2.75, 3.05) is 5.32 Å². The van der Waals surface area contributed by atoms with Gasteiger partial charge in [-0.1, -0.05) is 25.4 Å². The van der Waals surface area contributed by atoms with E-state index in [2.05, 4.69) is 29.4 Å². The van der Waals surface area contributed by atoms with Crippen LogP contribution in [0.4, 0.5) is 5.69 Å². The molecule has 15 heavy (non-hydrogen) atoms. The molecule has 0 bridgehead atoms. The molecule has 0 amide bonds. The lowest BCUT2D eigenvalue weighted by Gasteiger charge is -2.20. The molecule has 3 atom stereocenters. The molecule has 1 fully saturated rings. The number of halogens is 1. The number of nitrogens with one attached hydrogen (secondary N) is 1. The van der Waals surface area contributed by atoms with Gasteiger partial charge < -0.3 is 5.32 Å². The molecule has 1 aliphatic rings. The van der Waals surface area contributed by atoms with Gasteiger partial charge in [0, 0.05) is 12.1 Å². The van der Waals surface area contributed by atoms with Gasteiger partial charge in [-0.05, 0) is 24.7 Å². The van der Waals surface area contributed by atoms with Crippen LogP contribution in [-0.2, 0) is 0 Å². The second-order valence-electron chi connectivity index (χ2n) is 4.43. The van der Waals surface area contributed by atoms with Gasteiger partial charge in [-0.25, -0.2) is 0 Å². The first-order valence-electron chi connectivity index (χ1n) is 5.41. The molecule has 1 aliphatic carbocycles. The van der Waals surface area contributed by atoms with Gasteiger partial charge in [0.1, 0.15) is 0 Å². The summed E-state index contributed by atoms with van der Waals surface area (Å²) in [5.41, 5.74) is 0.973. The summed E-state index contributed by atoms with van der Waals surface area (Å²) in [7, 11) is 0. The fraction of sp³-hybridized carbons (Fsp3) is 0.636. The van der Waals surface area contributed by atoms with Gasteiger partial charge in [0.2, 0.25) is 0 Å². The van der Waals surface area contributed by atoms with Crippen LogP contribution in [0.3, 0.4) is 0 Å². The van der Waals surface area contributed by atoms with E-state index < -0.39 is 0 Å². The smallest absolute Gasteiger partial charge is 0.153 e. The number of aromatic nitrogens is 2. The third-order valence-electron chi connectivity index (χ3n) is 3.44. The summed E-state index contributed by atoms with van der Waals surface area (Å²) in [6, 6.07) is 2.37. The largest absolute Gasteiger partial charge is 0.381 e. The van der Waals surface area contributed by atoms with Gasteiger partial charge in [-0.3, -0.25) is 0 Å². The normalized spacial score (nSPS) is 30.5. The Bertz CT molecular complexity index is 342. The van der Waals surface area contributed by atoms with Crippen LogP contribution in [-0.4, -0.2) is 16.2 Å². The number of rotatable bonds is 2. The SMILES string of the molecule is CC1CCC(Nc2cnnc(Cl)c2)C1C. The summed E-state index contributed by atoms with van der Waals surface area (Å²) >= 11 is 5.78. The first-order chi connectivity index (χ1) is 7.16. The van der Waals surface area contributed by atoms with E-state index in [0.29, 0.717) is 17.1 Å². The molecule has 1 saturated carbocycles. The highest BCUT2D eigenvalue weighted by atomic mass is 35.5. The van der Waals surface area contributed by atoms with Crippen LogP contribution in [0.15, 0.2) is 12.3 Å². The maximum absolute atomic E-state index is 5.78. The maximum atomic E-state index is 5.78. The molecule has 0 radical (unpaired) electrons. The molecular weight excluding hydrogens is 210 g/mol. The van der Waals surface area contributed by atoms with E-state index in [1.54, 1.807) is 6.20 Å². The standard InChI is InChI=1S/C11H16ClN3/c1-7-3-4-10(8(7)2)14-9-5-11(12)15-13-6-9/h5-8,10H,3-4H2,1-2H3,(H,14,15). The Kier molecular flexibility index (Phi) is 3.10. The Morgan fingerprint density at radius 3 is 2.80 bits per heavy atom. The molecule has 4 heteroatoms. The number of hydrogen-bond acceptors (Lipinski definition) is 3. The third kappa shape index (κ3) is 2.40. The molecule has 1 aromatic rings. The lowest BCUT2D eigenvalue weighted by Crippen LogP contribution is -2.24. The fourth-order valence-electron chi connectivity index (χ4n) is 2.20. The number of anilines is 1. The molecule has 3 unspecified atom stereocenters. The summed E-state index contributed by atoms with van der Waals surface area (Å²) in [6.45, 7) is 4.61. The second-order valence-corrected chi connectivity index (χ2v) is 4.82. The monoisotopic (exact) mass is 225 g/mol. The lowest BCUT2D eigenvalue weighted by molar-refractivity contribution is 0.435. The van der Waals surface area contributed by atoms with E-state index in [1.807, 2.05) is 6.07 Å². The van der Waals surface area contributed by atoms with E-state index >= 15 is 0 Å². The average molecular weight is 226 g/mol. The van der Waals surface area contributed by atoms with Crippen molar-refractivity contribution in [3.63, 3.8) is 0 Å². The fourth-order valence-corrected chi connectivity index (χ4v) is 2.36. The van der Waals surface area contributed by atoms with Crippen molar-refractivity contribution in [2.45, 2.75) is 32.7 Å². The predicted octanol–water partition coefficient (Wildman–Crippen LogP) is 2.98. The van der Waals surface area contributed by atoms with Crippen LogP contribution in [0, 0.1) is 11.8 Å². The van der Waals surface area contributed by atoms with Gasteiger partial charge in [-0.15, -0.1) is 5.10 Å². The minimum atomic E-state index is 0.443. The van der Waals surface area contributed by atoms with Crippen molar-refractivity contribution >= 4 is 17.3 Å². The Balaban J connectivity index is 2.03.